The van der Waals surface area contributed by atoms with Crippen molar-refractivity contribution >= 4 is 23.9 Å². The molecule has 0 aliphatic heterocycles. The van der Waals surface area contributed by atoms with Crippen LogP contribution in [0.4, 0.5) is 0 Å². The Morgan fingerprint density at radius 1 is 0.609 bits per heavy atom. The van der Waals surface area contributed by atoms with Gasteiger partial charge in [-0.15, -0.1) is 0 Å². The summed E-state index contributed by atoms with van der Waals surface area (Å²) in [4.78, 5) is 43.4. The molecular weight excluding hydrogens is 371 g/mol. The van der Waals surface area contributed by atoms with Crippen molar-refractivity contribution in [2.75, 3.05) is 39.3 Å². The van der Waals surface area contributed by atoms with Crippen molar-refractivity contribution in [2.24, 2.45) is 0 Å². The van der Waals surface area contributed by atoms with Gasteiger partial charge in [-0.05, 0) is 0 Å². The predicted molar refractivity (Wildman–Crippen MR) is 56.5 cm³/mol. The Kier molecular flexibility index (Phi) is 21.2. The van der Waals surface area contributed by atoms with Crippen molar-refractivity contribution in [3.05, 3.63) is 0 Å². The average Bonchev–Trinajstić information content (AvgIpc) is 2.22. The fourth-order valence-corrected chi connectivity index (χ4v) is 1.44. The summed E-state index contributed by atoms with van der Waals surface area (Å²) in [6.07, 6.45) is 0. The number of hydrogen-bond donors (Lipinski definition) is 0. The van der Waals surface area contributed by atoms with Crippen molar-refractivity contribution in [1.82, 2.24) is 9.80 Å². The second-order valence-electron chi connectivity index (χ2n) is 3.91. The first-order valence-electron chi connectivity index (χ1n) is 5.44. The van der Waals surface area contributed by atoms with E-state index in [0.29, 0.717) is 0 Å². The van der Waals surface area contributed by atoms with Crippen LogP contribution in [-0.2, 0) is 36.2 Å². The minimum atomic E-state index is -1.53. The number of nitrogens with zero attached hydrogens (tertiary/aromatic N) is 2. The molecule has 125 valence electrons. The molecule has 0 aromatic carbocycles. The topological polar surface area (TPSA) is 198 Å². The third-order valence-corrected chi connectivity index (χ3v) is 2.14. The van der Waals surface area contributed by atoms with Gasteiger partial charge in [-0.3, -0.25) is 9.80 Å². The van der Waals surface area contributed by atoms with Crippen LogP contribution in [0, 0.1) is 0 Å². The van der Waals surface area contributed by atoms with Crippen molar-refractivity contribution in [2.45, 2.75) is 0 Å². The fraction of sp³-hybridized carbons (Fsp3) is 0.600. The largest absolute Gasteiger partial charge is 5.00 e. The summed E-state index contributed by atoms with van der Waals surface area (Å²) in [6, 6.07) is 0. The fourth-order valence-electron chi connectivity index (χ4n) is 1.44. The maximum absolute atomic E-state index is 10.4. The molecule has 0 atom stereocenters. The first-order chi connectivity index (χ1) is 9.20. The molecule has 0 bridgehead atoms. The van der Waals surface area contributed by atoms with Crippen LogP contribution in [0.3, 0.4) is 0 Å². The Balaban J connectivity index is -0.000000602. The van der Waals surface area contributed by atoms with Crippen molar-refractivity contribution in [1.29, 1.82) is 0 Å². The van der Waals surface area contributed by atoms with E-state index in [1.54, 1.807) is 0 Å². The molecule has 2 N–H and O–H groups in total. The van der Waals surface area contributed by atoms with Gasteiger partial charge in [0.1, 0.15) is 0 Å². The Hall–Kier alpha value is -0.721. The minimum Gasteiger partial charge on any atom is -0.549 e. The maximum atomic E-state index is 10.4. The molecule has 11 nitrogen and oxygen atoms in total. The van der Waals surface area contributed by atoms with Gasteiger partial charge in [0.25, 0.3) is 0 Å². The molecular formula is C10H14FeN2NaO9+2. The van der Waals surface area contributed by atoms with E-state index < -0.39 is 50.1 Å². The van der Waals surface area contributed by atoms with Crippen molar-refractivity contribution in [3.63, 3.8) is 0 Å². The molecule has 0 aliphatic carbocycles. The zero-order chi connectivity index (χ0) is 15.7. The van der Waals surface area contributed by atoms with Gasteiger partial charge in [-0.1, -0.05) is 0 Å². The molecule has 0 aromatic rings. The third-order valence-electron chi connectivity index (χ3n) is 2.14. The van der Waals surface area contributed by atoms with Crippen LogP contribution >= 0.6 is 0 Å². The zero-order valence-electron chi connectivity index (χ0n) is 12.3. The molecule has 0 rings (SSSR count). The van der Waals surface area contributed by atoms with E-state index in [1.165, 1.54) is 0 Å². The summed E-state index contributed by atoms with van der Waals surface area (Å²) < 4.78 is 0. The van der Waals surface area contributed by atoms with E-state index in [2.05, 4.69) is 0 Å². The number of carbonyl (C=O) groups is 4. The number of aliphatic carboxylic acids is 4. The smallest absolute Gasteiger partial charge is 0.549 e. The standard InChI is InChI=1S/C10H16N2O8.Fe.Na.H2O/c13-7(14)3-11(4-8(15)16)1-2-12(5-9(17)18)6-10(19)20;;;/h1-6H2,(H,13,14)(H,15,16)(H,17,18)(H,19,20);;;1H2/q;+5;+1;/p-4. The predicted octanol–water partition coefficient (Wildman–Crippen LogP) is -11.2. The SMILES string of the molecule is O.O=C([O-])CN(CCN(CC(=O)[O-])CC(=O)[O-])CC(=O)[O-].[Fe+5].[Na+]. The summed E-state index contributed by atoms with van der Waals surface area (Å²) in [7, 11) is 0. The van der Waals surface area contributed by atoms with Crippen molar-refractivity contribution < 1.29 is 91.7 Å². The number of rotatable bonds is 11. The molecule has 23 heavy (non-hydrogen) atoms. The number of carboxylic acids is 4. The molecule has 0 unspecified atom stereocenters. The van der Waals surface area contributed by atoms with Crippen LogP contribution in [0.1, 0.15) is 0 Å². The minimum absolute atomic E-state index is 0. The first kappa shape index (κ1) is 30.2. The van der Waals surface area contributed by atoms with Gasteiger partial charge in [0.15, 0.2) is 0 Å². The van der Waals surface area contributed by atoms with E-state index in [9.17, 15) is 39.6 Å². The van der Waals surface area contributed by atoms with Crippen LogP contribution in [0.15, 0.2) is 0 Å². The van der Waals surface area contributed by atoms with Crippen LogP contribution < -0.4 is 50.0 Å². The summed E-state index contributed by atoms with van der Waals surface area (Å²) in [5, 5.41) is 41.6. The summed E-state index contributed by atoms with van der Waals surface area (Å²) in [5.74, 6) is -6.12. The van der Waals surface area contributed by atoms with Gasteiger partial charge in [0.2, 0.25) is 0 Å². The van der Waals surface area contributed by atoms with E-state index in [4.69, 9.17) is 0 Å². The van der Waals surface area contributed by atoms with Crippen LogP contribution in [0.5, 0.6) is 0 Å². The van der Waals surface area contributed by atoms with E-state index in [1.807, 2.05) is 0 Å². The van der Waals surface area contributed by atoms with Gasteiger partial charge in [0, 0.05) is 39.3 Å². The molecule has 0 fully saturated rings. The normalized spacial score (nSPS) is 9.30. The second-order valence-corrected chi connectivity index (χ2v) is 3.91. The summed E-state index contributed by atoms with van der Waals surface area (Å²) in [5.41, 5.74) is 0. The van der Waals surface area contributed by atoms with Gasteiger partial charge in [-0.25, -0.2) is 0 Å². The van der Waals surface area contributed by atoms with Crippen LogP contribution in [-0.4, -0.2) is 78.4 Å². The molecule has 0 heterocycles. The van der Waals surface area contributed by atoms with Crippen LogP contribution in [0.25, 0.3) is 0 Å². The van der Waals surface area contributed by atoms with E-state index >= 15 is 0 Å². The number of carbonyl (C=O) groups excluding carboxylic acids is 4. The quantitative estimate of drug-likeness (QED) is 0.308. The molecule has 0 saturated heterocycles. The molecule has 0 aromatic heterocycles. The Bertz CT molecular complexity index is 329. The molecule has 0 spiro atoms. The Labute approximate surface area is 164 Å². The Morgan fingerprint density at radius 2 is 0.783 bits per heavy atom. The summed E-state index contributed by atoms with van der Waals surface area (Å²) in [6.45, 7) is -3.25. The second kappa shape index (κ2) is 16.1. The van der Waals surface area contributed by atoms with E-state index in [-0.39, 0.29) is 65.2 Å². The van der Waals surface area contributed by atoms with E-state index in [0.717, 1.165) is 9.80 Å². The third kappa shape index (κ3) is 19.2. The van der Waals surface area contributed by atoms with Gasteiger partial charge in [-0.2, -0.15) is 0 Å². The molecule has 0 saturated carbocycles. The molecule has 0 amide bonds. The van der Waals surface area contributed by atoms with Gasteiger partial charge in [0.05, 0.1) is 23.9 Å². The molecule has 0 aliphatic rings. The van der Waals surface area contributed by atoms with Gasteiger partial charge < -0.3 is 45.1 Å². The van der Waals surface area contributed by atoms with Crippen molar-refractivity contribution in [3.8, 4) is 0 Å². The first-order valence-corrected chi connectivity index (χ1v) is 5.44. The Morgan fingerprint density at radius 3 is 0.913 bits per heavy atom. The molecule has 1 radical (unpaired) electrons. The number of hydrogen-bond acceptors (Lipinski definition) is 10. The summed E-state index contributed by atoms with van der Waals surface area (Å²) >= 11 is 0. The average molecular weight is 385 g/mol. The monoisotopic (exact) mass is 385 g/mol. The zero-order valence-corrected chi connectivity index (χ0v) is 15.4. The molecule has 13 heteroatoms. The number of carboxylic acid groups (broad SMARTS) is 4. The maximum Gasteiger partial charge on any atom is 5.00 e. The van der Waals surface area contributed by atoms with Crippen LogP contribution in [0.2, 0.25) is 0 Å². The van der Waals surface area contributed by atoms with Gasteiger partial charge >= 0.3 is 46.6 Å².